The van der Waals surface area contributed by atoms with E-state index >= 15 is 0 Å². The number of nitrogens with one attached hydrogen (secondary N) is 2. The number of amides is 2. The van der Waals surface area contributed by atoms with Crippen molar-refractivity contribution in [3.05, 3.63) is 75.5 Å². The second-order valence-corrected chi connectivity index (χ2v) is 6.15. The molecule has 0 saturated heterocycles. The zero-order chi connectivity index (χ0) is 18.7. The quantitative estimate of drug-likeness (QED) is 0.673. The molecule has 3 aromatic rings. The lowest BCUT2D eigenvalue weighted by Crippen LogP contribution is -2.42. The SMILES string of the molecule is Cc1c(C(=O)NNC(=O)c2ccccc2Cl)nnn1-c1cccc(Cl)c1. The molecule has 26 heavy (non-hydrogen) atoms. The van der Waals surface area contributed by atoms with Crippen LogP contribution in [0.3, 0.4) is 0 Å². The molecule has 0 unspecified atom stereocenters. The van der Waals surface area contributed by atoms with Gasteiger partial charge in [0.05, 0.1) is 22.0 Å². The molecule has 1 aromatic heterocycles. The highest BCUT2D eigenvalue weighted by Crippen LogP contribution is 2.17. The topological polar surface area (TPSA) is 88.9 Å². The average molecular weight is 390 g/mol. The molecular weight excluding hydrogens is 377 g/mol. The van der Waals surface area contributed by atoms with Gasteiger partial charge >= 0.3 is 0 Å². The van der Waals surface area contributed by atoms with Crippen molar-refractivity contribution in [2.45, 2.75) is 6.92 Å². The number of carbonyl (C=O) groups is 2. The second kappa shape index (κ2) is 7.55. The van der Waals surface area contributed by atoms with Crippen LogP contribution in [0.5, 0.6) is 0 Å². The van der Waals surface area contributed by atoms with Crippen molar-refractivity contribution < 1.29 is 9.59 Å². The summed E-state index contributed by atoms with van der Waals surface area (Å²) in [5, 5.41) is 8.65. The van der Waals surface area contributed by atoms with Gasteiger partial charge in [0.15, 0.2) is 5.69 Å². The third kappa shape index (κ3) is 3.68. The molecule has 0 atom stereocenters. The first kappa shape index (κ1) is 17.9. The smallest absolute Gasteiger partial charge is 0.267 e. The van der Waals surface area contributed by atoms with Gasteiger partial charge in [-0.05, 0) is 37.3 Å². The molecule has 0 bridgehead atoms. The monoisotopic (exact) mass is 389 g/mol. The molecule has 2 aromatic carbocycles. The first-order valence-corrected chi connectivity index (χ1v) is 8.26. The highest BCUT2D eigenvalue weighted by molar-refractivity contribution is 6.33. The van der Waals surface area contributed by atoms with Crippen molar-refractivity contribution in [1.82, 2.24) is 25.8 Å². The Balaban J connectivity index is 1.73. The molecule has 1 heterocycles. The minimum atomic E-state index is -0.601. The van der Waals surface area contributed by atoms with Gasteiger partial charge in [-0.2, -0.15) is 0 Å². The number of nitrogens with zero attached hydrogens (tertiary/aromatic N) is 3. The van der Waals surface area contributed by atoms with Gasteiger partial charge in [0.25, 0.3) is 11.8 Å². The Kier molecular flexibility index (Phi) is 5.20. The second-order valence-electron chi connectivity index (χ2n) is 5.30. The normalized spacial score (nSPS) is 10.4. The molecule has 3 rings (SSSR count). The molecule has 2 amide bonds. The Labute approximate surface area is 158 Å². The Morgan fingerprint density at radius 2 is 1.73 bits per heavy atom. The molecular formula is C17H13Cl2N5O2. The molecule has 2 N–H and O–H groups in total. The van der Waals surface area contributed by atoms with E-state index in [0.717, 1.165) is 0 Å². The van der Waals surface area contributed by atoms with Crippen LogP contribution in [0, 0.1) is 6.92 Å². The van der Waals surface area contributed by atoms with E-state index in [4.69, 9.17) is 23.2 Å². The maximum absolute atomic E-state index is 12.3. The van der Waals surface area contributed by atoms with Crippen molar-refractivity contribution in [3.8, 4) is 5.69 Å². The third-order valence-corrected chi connectivity index (χ3v) is 4.14. The Morgan fingerprint density at radius 1 is 1.00 bits per heavy atom. The number of hydrazine groups is 1. The van der Waals surface area contributed by atoms with Crippen LogP contribution in [0.1, 0.15) is 26.5 Å². The highest BCUT2D eigenvalue weighted by atomic mass is 35.5. The summed E-state index contributed by atoms with van der Waals surface area (Å²) < 4.78 is 1.48. The van der Waals surface area contributed by atoms with Crippen LogP contribution in [0.15, 0.2) is 48.5 Å². The molecule has 9 heteroatoms. The van der Waals surface area contributed by atoms with E-state index < -0.39 is 11.8 Å². The fraction of sp³-hybridized carbons (Fsp3) is 0.0588. The molecule has 0 spiro atoms. The lowest BCUT2D eigenvalue weighted by molar-refractivity contribution is 0.0843. The van der Waals surface area contributed by atoms with Gasteiger partial charge in [0.2, 0.25) is 0 Å². The molecule has 0 aliphatic rings. The van der Waals surface area contributed by atoms with E-state index in [0.29, 0.717) is 16.4 Å². The molecule has 132 valence electrons. The van der Waals surface area contributed by atoms with Crippen LogP contribution in [-0.4, -0.2) is 26.8 Å². The van der Waals surface area contributed by atoms with Crippen molar-refractivity contribution >= 4 is 35.0 Å². The predicted molar refractivity (Wildman–Crippen MR) is 97.5 cm³/mol. The number of hydrogen-bond donors (Lipinski definition) is 2. The molecule has 0 saturated carbocycles. The van der Waals surface area contributed by atoms with Crippen LogP contribution in [-0.2, 0) is 0 Å². The fourth-order valence-corrected chi connectivity index (χ4v) is 2.68. The zero-order valence-corrected chi connectivity index (χ0v) is 15.0. The standard InChI is InChI=1S/C17H13Cl2N5O2/c1-10-15(20-23-24(10)12-6-4-5-11(18)9-12)17(26)22-21-16(25)13-7-2-3-8-14(13)19/h2-9H,1H3,(H,21,25)(H,22,26). The van der Waals surface area contributed by atoms with Crippen LogP contribution < -0.4 is 10.9 Å². The van der Waals surface area contributed by atoms with Crippen molar-refractivity contribution in [2.24, 2.45) is 0 Å². The zero-order valence-electron chi connectivity index (χ0n) is 13.5. The van der Waals surface area contributed by atoms with Gasteiger partial charge in [-0.3, -0.25) is 20.4 Å². The van der Waals surface area contributed by atoms with Crippen LogP contribution in [0.2, 0.25) is 10.0 Å². The number of rotatable bonds is 3. The lowest BCUT2D eigenvalue weighted by atomic mass is 10.2. The summed E-state index contributed by atoms with van der Waals surface area (Å²) in [5.41, 5.74) is 6.09. The molecule has 0 radical (unpaired) electrons. The molecule has 0 aliphatic carbocycles. The summed E-state index contributed by atoms with van der Waals surface area (Å²) >= 11 is 11.9. The summed E-state index contributed by atoms with van der Waals surface area (Å²) in [7, 11) is 0. The number of hydrogen-bond acceptors (Lipinski definition) is 4. The largest absolute Gasteiger partial charge is 0.292 e. The van der Waals surface area contributed by atoms with Gasteiger partial charge in [-0.25, -0.2) is 4.68 Å². The highest BCUT2D eigenvalue weighted by Gasteiger charge is 2.18. The maximum atomic E-state index is 12.3. The van der Waals surface area contributed by atoms with Crippen LogP contribution in [0.25, 0.3) is 5.69 Å². The summed E-state index contributed by atoms with van der Waals surface area (Å²) in [6.07, 6.45) is 0. The van der Waals surface area contributed by atoms with Gasteiger partial charge in [0.1, 0.15) is 0 Å². The predicted octanol–water partition coefficient (Wildman–Crippen LogP) is 2.96. The maximum Gasteiger partial charge on any atom is 0.292 e. The summed E-state index contributed by atoms with van der Waals surface area (Å²) in [5.74, 6) is -1.14. The van der Waals surface area contributed by atoms with E-state index in [1.807, 2.05) is 0 Å². The number of carbonyl (C=O) groups excluding carboxylic acids is 2. The number of benzene rings is 2. The van der Waals surface area contributed by atoms with Gasteiger partial charge in [-0.1, -0.05) is 46.6 Å². The van der Waals surface area contributed by atoms with Crippen molar-refractivity contribution in [1.29, 1.82) is 0 Å². The number of aromatic nitrogens is 3. The van der Waals surface area contributed by atoms with E-state index in [9.17, 15) is 9.59 Å². The average Bonchev–Trinajstić information content (AvgIpc) is 3.01. The van der Waals surface area contributed by atoms with Gasteiger partial charge < -0.3 is 0 Å². The fourth-order valence-electron chi connectivity index (χ4n) is 2.28. The number of halogens is 2. The third-order valence-electron chi connectivity index (χ3n) is 3.57. The van der Waals surface area contributed by atoms with E-state index in [1.165, 1.54) is 4.68 Å². The summed E-state index contributed by atoms with van der Waals surface area (Å²) in [6.45, 7) is 1.69. The minimum Gasteiger partial charge on any atom is -0.267 e. The molecule has 0 fully saturated rings. The van der Waals surface area contributed by atoms with Gasteiger partial charge in [0, 0.05) is 5.02 Å². The summed E-state index contributed by atoms with van der Waals surface area (Å²) in [4.78, 5) is 24.4. The van der Waals surface area contributed by atoms with E-state index in [2.05, 4.69) is 21.2 Å². The Morgan fingerprint density at radius 3 is 2.46 bits per heavy atom. The van der Waals surface area contributed by atoms with Crippen molar-refractivity contribution in [3.63, 3.8) is 0 Å². The van der Waals surface area contributed by atoms with Crippen LogP contribution in [0.4, 0.5) is 0 Å². The van der Waals surface area contributed by atoms with Gasteiger partial charge in [-0.15, -0.1) is 5.10 Å². The molecule has 7 nitrogen and oxygen atoms in total. The van der Waals surface area contributed by atoms with E-state index in [1.54, 1.807) is 55.5 Å². The Hall–Kier alpha value is -2.90. The Bertz CT molecular complexity index is 987. The minimum absolute atomic E-state index is 0.0736. The van der Waals surface area contributed by atoms with Crippen LogP contribution >= 0.6 is 23.2 Å². The molecule has 0 aliphatic heterocycles. The summed E-state index contributed by atoms with van der Waals surface area (Å²) in [6, 6.07) is 13.5. The first-order valence-electron chi connectivity index (χ1n) is 7.51. The van der Waals surface area contributed by atoms with E-state index in [-0.39, 0.29) is 16.3 Å². The first-order chi connectivity index (χ1) is 12.5. The lowest BCUT2D eigenvalue weighted by Gasteiger charge is -2.08. The van der Waals surface area contributed by atoms with Crippen molar-refractivity contribution in [2.75, 3.05) is 0 Å².